The Balaban J connectivity index is 1.29. The summed E-state index contributed by atoms with van der Waals surface area (Å²) in [6.45, 7) is 1.49. The Kier molecular flexibility index (Phi) is 4.35. The molecule has 1 saturated carbocycles. The molecule has 1 aliphatic carbocycles. The highest BCUT2D eigenvalue weighted by Gasteiger charge is 2.31. The lowest BCUT2D eigenvalue weighted by molar-refractivity contribution is 0.360. The van der Waals surface area contributed by atoms with Gasteiger partial charge in [-0.1, -0.05) is 28.9 Å². The largest absolute Gasteiger partial charge is 0.356 e. The van der Waals surface area contributed by atoms with Gasteiger partial charge in [-0.3, -0.25) is 4.57 Å². The van der Waals surface area contributed by atoms with E-state index in [1.807, 2.05) is 24.3 Å². The van der Waals surface area contributed by atoms with Gasteiger partial charge in [-0.25, -0.2) is 0 Å². The number of hydrogen-bond donors (Lipinski definition) is 1. The van der Waals surface area contributed by atoms with Crippen molar-refractivity contribution < 1.29 is 4.52 Å². The van der Waals surface area contributed by atoms with Gasteiger partial charge in [0.05, 0.1) is 17.9 Å². The molecular weight excluding hydrogens is 398 g/mol. The van der Waals surface area contributed by atoms with Crippen LogP contribution in [0.4, 0.5) is 0 Å². The second-order valence-electron chi connectivity index (χ2n) is 8.30. The van der Waals surface area contributed by atoms with Crippen molar-refractivity contribution in [1.82, 2.24) is 25.2 Å². The molecule has 4 aromatic rings. The van der Waals surface area contributed by atoms with E-state index in [4.69, 9.17) is 16.1 Å². The molecule has 0 spiro atoms. The number of fused-ring (bicyclic) bond motifs is 4. The molecule has 0 amide bonds. The molecule has 1 aliphatic heterocycles. The van der Waals surface area contributed by atoms with E-state index in [2.05, 4.69) is 43.4 Å². The minimum absolute atomic E-state index is 0.391. The van der Waals surface area contributed by atoms with E-state index < -0.39 is 0 Å². The van der Waals surface area contributed by atoms with Gasteiger partial charge in [0, 0.05) is 28.8 Å². The van der Waals surface area contributed by atoms with Crippen LogP contribution in [0.25, 0.3) is 16.7 Å². The third kappa shape index (κ3) is 2.94. The van der Waals surface area contributed by atoms with Crippen molar-refractivity contribution in [2.24, 2.45) is 0 Å². The van der Waals surface area contributed by atoms with Gasteiger partial charge < -0.3 is 9.84 Å². The molecule has 0 saturated heterocycles. The Hall–Kier alpha value is -2.70. The van der Waals surface area contributed by atoms with E-state index in [0.29, 0.717) is 18.4 Å². The van der Waals surface area contributed by atoms with E-state index >= 15 is 0 Å². The number of rotatable bonds is 2. The van der Waals surface area contributed by atoms with Crippen LogP contribution in [0.1, 0.15) is 60.4 Å². The fourth-order valence-electron chi connectivity index (χ4n) is 5.02. The average Bonchev–Trinajstić information content (AvgIpc) is 3.34. The zero-order chi connectivity index (χ0) is 20.1. The second-order valence-corrected chi connectivity index (χ2v) is 8.74. The van der Waals surface area contributed by atoms with Crippen LogP contribution in [-0.4, -0.2) is 19.9 Å². The number of para-hydroxylation sites is 1. The van der Waals surface area contributed by atoms with Crippen LogP contribution in [0.15, 0.2) is 47.0 Å². The van der Waals surface area contributed by atoms with Crippen LogP contribution >= 0.6 is 11.6 Å². The first-order chi connectivity index (χ1) is 14.8. The molecular formula is C23H22ClN5O. The Morgan fingerprint density at radius 3 is 2.70 bits per heavy atom. The molecule has 6 rings (SSSR count). The van der Waals surface area contributed by atoms with Crippen molar-refractivity contribution in [2.45, 2.75) is 50.6 Å². The predicted octanol–water partition coefficient (Wildman–Crippen LogP) is 5.11. The highest BCUT2D eigenvalue weighted by atomic mass is 35.5. The van der Waals surface area contributed by atoms with Gasteiger partial charge in [0.15, 0.2) is 11.4 Å². The lowest BCUT2D eigenvalue weighted by Gasteiger charge is -2.27. The van der Waals surface area contributed by atoms with Gasteiger partial charge in [0.2, 0.25) is 0 Å². The molecule has 0 atom stereocenters. The first kappa shape index (κ1) is 18.1. The lowest BCUT2D eigenvalue weighted by atomic mass is 9.79. The fraction of sp³-hybridized carbons (Fsp3) is 0.348. The highest BCUT2D eigenvalue weighted by Crippen LogP contribution is 2.42. The Morgan fingerprint density at radius 1 is 0.967 bits per heavy atom. The summed E-state index contributed by atoms with van der Waals surface area (Å²) in [4.78, 5) is 0. The summed E-state index contributed by atoms with van der Waals surface area (Å²) in [5.41, 5.74) is 4.31. The van der Waals surface area contributed by atoms with Crippen molar-refractivity contribution >= 4 is 22.6 Å². The van der Waals surface area contributed by atoms with Crippen molar-refractivity contribution in [3.05, 3.63) is 70.4 Å². The van der Waals surface area contributed by atoms with Crippen molar-refractivity contribution in [1.29, 1.82) is 0 Å². The van der Waals surface area contributed by atoms with Gasteiger partial charge in [-0.05, 0) is 61.6 Å². The van der Waals surface area contributed by atoms with E-state index in [1.165, 1.54) is 5.56 Å². The van der Waals surface area contributed by atoms with E-state index in [9.17, 15) is 0 Å². The topological polar surface area (TPSA) is 68.8 Å². The highest BCUT2D eigenvalue weighted by molar-refractivity contribution is 6.30. The summed E-state index contributed by atoms with van der Waals surface area (Å²) < 4.78 is 7.80. The van der Waals surface area contributed by atoms with Crippen LogP contribution in [0, 0.1) is 0 Å². The quantitative estimate of drug-likeness (QED) is 0.489. The standard InChI is InChI=1S/C23H22ClN5O/c24-17-9-10-19-16(11-17)12-25-13-21-26-27-23(29(19)21)15-7-5-14(6-8-15)22-18-3-1-2-4-20(18)30-28-22/h1-4,9-11,14-15,25H,5-8,12-13H2. The van der Waals surface area contributed by atoms with Crippen molar-refractivity contribution in [3.63, 3.8) is 0 Å². The normalized spacial score (nSPS) is 21.2. The van der Waals surface area contributed by atoms with Crippen LogP contribution in [0.5, 0.6) is 0 Å². The van der Waals surface area contributed by atoms with Crippen LogP contribution in [-0.2, 0) is 13.1 Å². The molecule has 30 heavy (non-hydrogen) atoms. The Labute approximate surface area is 179 Å². The number of hydrogen-bond acceptors (Lipinski definition) is 5. The van der Waals surface area contributed by atoms with Crippen molar-refractivity contribution in [3.8, 4) is 5.69 Å². The zero-order valence-electron chi connectivity index (χ0n) is 16.5. The molecule has 152 valence electrons. The number of aromatic nitrogens is 4. The summed E-state index contributed by atoms with van der Waals surface area (Å²) in [5, 5.41) is 18.9. The molecule has 0 radical (unpaired) electrons. The zero-order valence-corrected chi connectivity index (χ0v) is 17.3. The maximum atomic E-state index is 6.24. The monoisotopic (exact) mass is 419 g/mol. The molecule has 1 fully saturated rings. The number of halogens is 1. The average molecular weight is 420 g/mol. The summed E-state index contributed by atoms with van der Waals surface area (Å²) in [6.07, 6.45) is 4.30. The van der Waals surface area contributed by atoms with Gasteiger partial charge in [-0.2, -0.15) is 0 Å². The number of nitrogens with one attached hydrogen (secondary N) is 1. The van der Waals surface area contributed by atoms with E-state index in [0.717, 1.165) is 71.3 Å². The molecule has 2 aromatic carbocycles. The van der Waals surface area contributed by atoms with Crippen LogP contribution < -0.4 is 5.32 Å². The van der Waals surface area contributed by atoms with Crippen LogP contribution in [0.3, 0.4) is 0 Å². The number of benzene rings is 2. The number of nitrogens with zero attached hydrogens (tertiary/aromatic N) is 4. The van der Waals surface area contributed by atoms with Gasteiger partial charge in [0.25, 0.3) is 0 Å². The Morgan fingerprint density at radius 2 is 1.80 bits per heavy atom. The fourth-order valence-corrected chi connectivity index (χ4v) is 5.21. The van der Waals surface area contributed by atoms with E-state index in [-0.39, 0.29) is 0 Å². The molecule has 0 bridgehead atoms. The minimum atomic E-state index is 0.391. The molecule has 6 nitrogen and oxygen atoms in total. The van der Waals surface area contributed by atoms with Gasteiger partial charge in [-0.15, -0.1) is 10.2 Å². The maximum absolute atomic E-state index is 6.24. The summed E-state index contributed by atoms with van der Waals surface area (Å²) in [5.74, 6) is 2.86. The molecule has 1 N–H and O–H groups in total. The van der Waals surface area contributed by atoms with Crippen LogP contribution in [0.2, 0.25) is 5.02 Å². The first-order valence-electron chi connectivity index (χ1n) is 10.6. The lowest BCUT2D eigenvalue weighted by Crippen LogP contribution is -2.17. The molecule has 0 unspecified atom stereocenters. The third-order valence-electron chi connectivity index (χ3n) is 6.52. The molecule has 3 heterocycles. The SMILES string of the molecule is Clc1ccc2c(c1)CNCc1nnc(C3CCC(c4noc5ccccc45)CC3)n1-2. The smallest absolute Gasteiger partial charge is 0.167 e. The van der Waals surface area contributed by atoms with Gasteiger partial charge >= 0.3 is 0 Å². The second kappa shape index (κ2) is 7.22. The van der Waals surface area contributed by atoms with Crippen molar-refractivity contribution in [2.75, 3.05) is 0 Å². The molecule has 2 aliphatic rings. The maximum Gasteiger partial charge on any atom is 0.167 e. The first-order valence-corrected chi connectivity index (χ1v) is 10.9. The van der Waals surface area contributed by atoms with Gasteiger partial charge in [0.1, 0.15) is 5.82 Å². The molecule has 7 heteroatoms. The predicted molar refractivity (Wildman–Crippen MR) is 115 cm³/mol. The third-order valence-corrected chi connectivity index (χ3v) is 6.76. The summed E-state index contributed by atoms with van der Waals surface area (Å²) in [7, 11) is 0. The Bertz CT molecular complexity index is 1220. The van der Waals surface area contributed by atoms with E-state index in [1.54, 1.807) is 0 Å². The summed E-state index contributed by atoms with van der Waals surface area (Å²) in [6, 6.07) is 14.2. The minimum Gasteiger partial charge on any atom is -0.356 e. The summed E-state index contributed by atoms with van der Waals surface area (Å²) >= 11 is 6.24. The molecule has 2 aromatic heterocycles.